The van der Waals surface area contributed by atoms with Crippen LogP contribution in [0.3, 0.4) is 0 Å². The zero-order valence-corrected chi connectivity index (χ0v) is 18.3. The third kappa shape index (κ3) is 4.84. The molecule has 1 aromatic heterocycles. The highest BCUT2D eigenvalue weighted by Crippen LogP contribution is 2.32. The van der Waals surface area contributed by atoms with E-state index in [9.17, 15) is 14.9 Å². The predicted molar refractivity (Wildman–Crippen MR) is 117 cm³/mol. The van der Waals surface area contributed by atoms with Gasteiger partial charge in [-0.1, -0.05) is 17.3 Å². The highest BCUT2D eigenvalue weighted by atomic mass is 16.7. The highest BCUT2D eigenvalue weighted by Gasteiger charge is 2.28. The second-order valence-electron chi connectivity index (χ2n) is 8.78. The Morgan fingerprint density at radius 1 is 1.12 bits per heavy atom. The van der Waals surface area contributed by atoms with Crippen LogP contribution in [0.25, 0.3) is 0 Å². The van der Waals surface area contributed by atoms with Gasteiger partial charge in [-0.15, -0.1) is 0 Å². The number of piperazine rings is 1. The average molecular weight is 442 g/mol. The number of carbonyl (C=O) groups is 1. The van der Waals surface area contributed by atoms with Crippen molar-refractivity contribution in [2.24, 2.45) is 5.16 Å². The molecule has 0 N–H and O–H groups in total. The number of ether oxygens (including phenoxy) is 1. The molecule has 10 nitrogen and oxygen atoms in total. The van der Waals surface area contributed by atoms with Gasteiger partial charge in [-0.25, -0.2) is 4.79 Å². The number of anilines is 1. The lowest BCUT2D eigenvalue weighted by molar-refractivity contribution is -0.402. The first-order chi connectivity index (χ1) is 15.2. The molecule has 3 heterocycles. The van der Waals surface area contributed by atoms with E-state index >= 15 is 0 Å². The molecule has 0 aliphatic carbocycles. The number of furan rings is 1. The van der Waals surface area contributed by atoms with Crippen LogP contribution < -0.4 is 4.90 Å². The second kappa shape index (κ2) is 8.52. The number of hydrogen-bond acceptors (Lipinski definition) is 8. The van der Waals surface area contributed by atoms with E-state index in [1.54, 1.807) is 4.90 Å². The van der Waals surface area contributed by atoms with Gasteiger partial charge in [-0.2, -0.15) is 0 Å². The highest BCUT2D eigenvalue weighted by molar-refractivity contribution is 5.99. The van der Waals surface area contributed by atoms with Crippen LogP contribution in [0.2, 0.25) is 0 Å². The average Bonchev–Trinajstić information content (AvgIpc) is 3.43. The van der Waals surface area contributed by atoms with Crippen molar-refractivity contribution in [1.29, 1.82) is 0 Å². The Kier molecular flexibility index (Phi) is 5.77. The summed E-state index contributed by atoms with van der Waals surface area (Å²) in [6, 6.07) is 10.9. The van der Waals surface area contributed by atoms with Crippen LogP contribution in [0.4, 0.5) is 16.4 Å². The van der Waals surface area contributed by atoms with E-state index in [1.165, 1.54) is 12.1 Å². The Morgan fingerprint density at radius 2 is 1.81 bits per heavy atom. The van der Waals surface area contributed by atoms with Crippen molar-refractivity contribution in [3.05, 3.63) is 57.8 Å². The molecule has 10 heteroatoms. The number of benzene rings is 1. The van der Waals surface area contributed by atoms with Gasteiger partial charge in [-0.05, 0) is 44.5 Å². The van der Waals surface area contributed by atoms with Crippen molar-refractivity contribution in [2.75, 3.05) is 31.1 Å². The van der Waals surface area contributed by atoms with Crippen molar-refractivity contribution in [3.63, 3.8) is 0 Å². The van der Waals surface area contributed by atoms with E-state index in [4.69, 9.17) is 14.0 Å². The maximum absolute atomic E-state index is 12.2. The molecule has 2 aliphatic heterocycles. The minimum Gasteiger partial charge on any atom is -0.444 e. The molecule has 4 rings (SSSR count). The third-order valence-electron chi connectivity index (χ3n) is 5.29. The first-order valence-corrected chi connectivity index (χ1v) is 10.5. The fourth-order valence-corrected chi connectivity index (χ4v) is 3.66. The summed E-state index contributed by atoms with van der Waals surface area (Å²) >= 11 is 0. The molecule has 170 valence electrons. The van der Waals surface area contributed by atoms with Gasteiger partial charge in [0.2, 0.25) is 0 Å². The number of oxime groups is 1. The summed E-state index contributed by atoms with van der Waals surface area (Å²) in [6.45, 7) is 8.26. The summed E-state index contributed by atoms with van der Waals surface area (Å²) < 4.78 is 10.7. The van der Waals surface area contributed by atoms with Crippen molar-refractivity contribution in [1.82, 2.24) is 4.90 Å². The fourth-order valence-electron chi connectivity index (χ4n) is 3.66. The molecule has 1 unspecified atom stereocenters. The molecule has 2 aromatic rings. The molecular weight excluding hydrogens is 416 g/mol. The minimum atomic E-state index is -0.580. The van der Waals surface area contributed by atoms with Crippen LogP contribution in [-0.2, 0) is 9.57 Å². The van der Waals surface area contributed by atoms with E-state index < -0.39 is 10.5 Å². The van der Waals surface area contributed by atoms with Gasteiger partial charge in [0, 0.05) is 38.3 Å². The van der Waals surface area contributed by atoms with E-state index in [1.807, 2.05) is 45.0 Å². The maximum Gasteiger partial charge on any atom is 0.433 e. The normalized spacial score (nSPS) is 18.8. The Morgan fingerprint density at radius 3 is 2.41 bits per heavy atom. The summed E-state index contributed by atoms with van der Waals surface area (Å²) in [6.07, 6.45) is -0.0747. The van der Waals surface area contributed by atoms with Crippen LogP contribution in [0.1, 0.15) is 44.6 Å². The lowest BCUT2D eigenvalue weighted by Crippen LogP contribution is -2.50. The lowest BCUT2D eigenvalue weighted by atomic mass is 10.0. The number of nitro groups is 1. The van der Waals surface area contributed by atoms with E-state index in [2.05, 4.69) is 10.1 Å². The summed E-state index contributed by atoms with van der Waals surface area (Å²) in [4.78, 5) is 31.9. The van der Waals surface area contributed by atoms with Gasteiger partial charge in [0.25, 0.3) is 0 Å². The largest absolute Gasteiger partial charge is 0.444 e. The third-order valence-corrected chi connectivity index (χ3v) is 5.29. The molecular formula is C22H26N4O6. The first-order valence-electron chi connectivity index (χ1n) is 10.5. The second-order valence-corrected chi connectivity index (χ2v) is 8.78. The molecule has 1 aromatic carbocycles. The van der Waals surface area contributed by atoms with Crippen molar-refractivity contribution in [2.45, 2.75) is 38.9 Å². The van der Waals surface area contributed by atoms with Gasteiger partial charge in [0.15, 0.2) is 11.9 Å². The zero-order valence-electron chi connectivity index (χ0n) is 18.3. The van der Waals surface area contributed by atoms with E-state index in [0.29, 0.717) is 31.0 Å². The monoisotopic (exact) mass is 442 g/mol. The number of hydrogen-bond donors (Lipinski definition) is 0. The smallest absolute Gasteiger partial charge is 0.433 e. The molecule has 0 bridgehead atoms. The van der Waals surface area contributed by atoms with Crippen LogP contribution in [0.5, 0.6) is 0 Å². The number of nitrogens with zero attached hydrogens (tertiary/aromatic N) is 4. The van der Waals surface area contributed by atoms with Gasteiger partial charge in [-0.3, -0.25) is 10.1 Å². The first kappa shape index (κ1) is 21.7. The topological polar surface area (TPSA) is 111 Å². The Labute approximate surface area is 185 Å². The van der Waals surface area contributed by atoms with Crippen LogP contribution in [-0.4, -0.2) is 53.4 Å². The molecule has 0 radical (unpaired) electrons. The van der Waals surface area contributed by atoms with Crippen molar-refractivity contribution in [3.8, 4) is 0 Å². The van der Waals surface area contributed by atoms with Crippen LogP contribution in [0, 0.1) is 10.1 Å². The molecule has 0 spiro atoms. The number of carbonyl (C=O) groups excluding carboxylic acids is 1. The molecule has 0 saturated carbocycles. The van der Waals surface area contributed by atoms with E-state index in [0.717, 1.165) is 24.3 Å². The number of rotatable bonds is 4. The molecule has 1 amide bonds. The molecule has 32 heavy (non-hydrogen) atoms. The Hall–Kier alpha value is -3.56. The van der Waals surface area contributed by atoms with Gasteiger partial charge < -0.3 is 23.8 Å². The van der Waals surface area contributed by atoms with E-state index in [-0.39, 0.29) is 18.1 Å². The quantitative estimate of drug-likeness (QED) is 0.517. The summed E-state index contributed by atoms with van der Waals surface area (Å²) in [5.41, 5.74) is 2.08. The minimum absolute atomic E-state index is 0.271. The lowest BCUT2D eigenvalue weighted by Gasteiger charge is -2.36. The molecule has 1 saturated heterocycles. The van der Waals surface area contributed by atoms with Gasteiger partial charge >= 0.3 is 12.0 Å². The molecule has 2 aliphatic rings. The SMILES string of the molecule is CC(C)(C)OC(=O)N1CCN(c2ccc(C3CC(c4ccc([N+](=O)[O-])o4)=NO3)cc2)CC1. The maximum atomic E-state index is 12.2. The summed E-state index contributed by atoms with van der Waals surface area (Å²) in [5.74, 6) is 0.0287. The standard InChI is InChI=1S/C22H26N4O6/c1-22(2,3)31-21(27)25-12-10-24(11-13-25)16-6-4-15(5-7-16)19-14-17(23-32-19)18-8-9-20(30-18)26(28)29/h4-9,19H,10-14H2,1-3H3. The zero-order chi connectivity index (χ0) is 22.9. The van der Waals surface area contributed by atoms with Gasteiger partial charge in [0.05, 0.1) is 6.07 Å². The van der Waals surface area contributed by atoms with Crippen molar-refractivity contribution < 1.29 is 23.7 Å². The number of amides is 1. The van der Waals surface area contributed by atoms with Crippen molar-refractivity contribution >= 4 is 23.4 Å². The molecule has 1 fully saturated rings. The summed E-state index contributed by atoms with van der Waals surface area (Å²) in [5, 5.41) is 14.8. The summed E-state index contributed by atoms with van der Waals surface area (Å²) in [7, 11) is 0. The predicted octanol–water partition coefficient (Wildman–Crippen LogP) is 4.11. The molecule has 1 atom stereocenters. The Bertz CT molecular complexity index is 1020. The fraction of sp³-hybridized carbons (Fsp3) is 0.455. The Balaban J connectivity index is 1.31. The van der Waals surface area contributed by atoms with Crippen LogP contribution >= 0.6 is 0 Å². The van der Waals surface area contributed by atoms with Gasteiger partial charge in [0.1, 0.15) is 16.2 Å². The van der Waals surface area contributed by atoms with Crippen LogP contribution in [0.15, 0.2) is 46.0 Å².